The average Bonchev–Trinajstić information content (AvgIpc) is 2.73. The Morgan fingerprint density at radius 1 is 1.25 bits per heavy atom. The summed E-state index contributed by atoms with van der Waals surface area (Å²) in [5.41, 5.74) is 0.863. The summed E-state index contributed by atoms with van der Waals surface area (Å²) in [5.74, 6) is -0.163. The molecule has 5 nitrogen and oxygen atoms in total. The first kappa shape index (κ1) is 17.6. The third-order valence-electron chi connectivity index (χ3n) is 4.79. The van der Waals surface area contributed by atoms with E-state index in [0.717, 1.165) is 42.1 Å². The molecule has 7 heteroatoms. The molecule has 1 fully saturated rings. The van der Waals surface area contributed by atoms with Gasteiger partial charge in [-0.1, -0.05) is 53.4 Å². The maximum atomic E-state index is 12.9. The van der Waals surface area contributed by atoms with Crippen molar-refractivity contribution < 1.29 is 13.2 Å². The lowest BCUT2D eigenvalue weighted by Crippen LogP contribution is -2.47. The van der Waals surface area contributed by atoms with Gasteiger partial charge in [-0.3, -0.25) is 4.79 Å². The monoisotopic (exact) mass is 412 g/mol. The summed E-state index contributed by atoms with van der Waals surface area (Å²) in [6, 6.07) is 7.31. The highest BCUT2D eigenvalue weighted by molar-refractivity contribution is 9.10. The van der Waals surface area contributed by atoms with Gasteiger partial charge in [0.25, 0.3) is 0 Å². The van der Waals surface area contributed by atoms with E-state index < -0.39 is 15.6 Å². The highest BCUT2D eigenvalue weighted by Gasteiger charge is 2.49. The number of sulfonamides is 1. The molecular weight excluding hydrogens is 392 g/mol. The number of hydrogen-bond donors (Lipinski definition) is 2. The molecular formula is C17H21BrN2O3S. The van der Waals surface area contributed by atoms with Gasteiger partial charge >= 0.3 is 0 Å². The van der Waals surface area contributed by atoms with Crippen molar-refractivity contribution in [1.29, 1.82) is 0 Å². The molecule has 0 bridgehead atoms. The summed E-state index contributed by atoms with van der Waals surface area (Å²) in [5, 5.41) is 2.80. The van der Waals surface area contributed by atoms with E-state index in [1.165, 1.54) is 6.92 Å². The van der Waals surface area contributed by atoms with Crippen molar-refractivity contribution in [1.82, 2.24) is 10.0 Å². The lowest BCUT2D eigenvalue weighted by molar-refractivity contribution is -0.118. The first-order valence-corrected chi connectivity index (χ1v) is 10.4. The van der Waals surface area contributed by atoms with Crippen LogP contribution >= 0.6 is 15.9 Å². The Balaban J connectivity index is 2.19. The summed E-state index contributed by atoms with van der Waals surface area (Å²) in [4.78, 5) is 11.7. The highest BCUT2D eigenvalue weighted by atomic mass is 79.9. The van der Waals surface area contributed by atoms with Crippen LogP contribution in [-0.4, -0.2) is 26.4 Å². The van der Waals surface area contributed by atoms with Crippen LogP contribution in [0.3, 0.4) is 0 Å². The third-order valence-corrected chi connectivity index (χ3v) is 7.14. The van der Waals surface area contributed by atoms with Crippen molar-refractivity contribution in [2.45, 2.75) is 44.6 Å². The molecule has 1 heterocycles. The molecule has 0 radical (unpaired) electrons. The van der Waals surface area contributed by atoms with E-state index >= 15 is 0 Å². The van der Waals surface area contributed by atoms with Crippen molar-refractivity contribution in [2.24, 2.45) is 0 Å². The van der Waals surface area contributed by atoms with E-state index in [2.05, 4.69) is 26.0 Å². The number of hydrogen-bond acceptors (Lipinski definition) is 3. The molecule has 24 heavy (non-hydrogen) atoms. The van der Waals surface area contributed by atoms with Gasteiger partial charge < -0.3 is 5.32 Å². The van der Waals surface area contributed by atoms with E-state index in [0.29, 0.717) is 10.5 Å². The van der Waals surface area contributed by atoms with Crippen molar-refractivity contribution in [3.8, 4) is 0 Å². The van der Waals surface area contributed by atoms with Gasteiger partial charge in [0.05, 0.1) is 10.4 Å². The molecule has 0 unspecified atom stereocenters. The molecule has 1 aromatic rings. The summed E-state index contributed by atoms with van der Waals surface area (Å²) >= 11 is 3.46. The van der Waals surface area contributed by atoms with Gasteiger partial charge in [0.15, 0.2) is 0 Å². The van der Waals surface area contributed by atoms with Crippen molar-refractivity contribution in [3.05, 3.63) is 39.9 Å². The Kier molecular flexibility index (Phi) is 4.86. The lowest BCUT2D eigenvalue weighted by atomic mass is 9.76. The predicted octanol–water partition coefficient (Wildman–Crippen LogP) is 2.93. The van der Waals surface area contributed by atoms with Crippen molar-refractivity contribution in [3.63, 3.8) is 0 Å². The van der Waals surface area contributed by atoms with Gasteiger partial charge in [-0.25, -0.2) is 13.1 Å². The molecule has 2 aliphatic rings. The zero-order chi connectivity index (χ0) is 17.4. The normalized spacial score (nSPS) is 21.9. The summed E-state index contributed by atoms with van der Waals surface area (Å²) in [6.45, 7) is 1.70. The number of amides is 1. The Hall–Kier alpha value is -1.18. The maximum Gasteiger partial charge on any atom is 0.242 e. The summed E-state index contributed by atoms with van der Waals surface area (Å²) in [6.07, 6.45) is 4.62. The number of rotatable bonds is 3. The van der Waals surface area contributed by atoms with Crippen LogP contribution in [0.5, 0.6) is 0 Å². The molecule has 1 amide bonds. The molecule has 0 aromatic heterocycles. The van der Waals surface area contributed by atoms with Crippen LogP contribution in [0.2, 0.25) is 0 Å². The maximum absolute atomic E-state index is 12.9. The second-order valence-electron chi connectivity index (χ2n) is 6.45. The SMILES string of the molecule is CC(=O)NCC1=C(c2ccccc2Br)S(=O)(=O)NC12CCCCC2. The molecule has 1 saturated carbocycles. The minimum atomic E-state index is -3.62. The van der Waals surface area contributed by atoms with Gasteiger partial charge in [-0.15, -0.1) is 0 Å². The zero-order valence-corrected chi connectivity index (χ0v) is 16.0. The van der Waals surface area contributed by atoms with Gasteiger partial charge in [0.1, 0.15) is 0 Å². The average molecular weight is 413 g/mol. The summed E-state index contributed by atoms with van der Waals surface area (Å²) < 4.78 is 29.5. The third kappa shape index (κ3) is 3.17. The van der Waals surface area contributed by atoms with Crippen molar-refractivity contribution >= 4 is 36.8 Å². The standard InChI is InChI=1S/C17H21BrN2O3S/c1-12(21)19-11-14-16(13-7-3-4-8-15(13)18)24(22,23)20-17(14)9-5-2-6-10-17/h3-4,7-8,20H,2,5-6,9-11H2,1H3,(H,19,21). The Morgan fingerprint density at radius 2 is 1.92 bits per heavy atom. The number of halogens is 1. The van der Waals surface area contributed by atoms with Crippen molar-refractivity contribution in [2.75, 3.05) is 6.54 Å². The second-order valence-corrected chi connectivity index (χ2v) is 8.92. The van der Waals surface area contributed by atoms with Crippen LogP contribution in [0, 0.1) is 0 Å². The van der Waals surface area contributed by atoms with Crippen LogP contribution in [0.25, 0.3) is 4.91 Å². The molecule has 0 atom stereocenters. The van der Waals surface area contributed by atoms with Gasteiger partial charge in [-0.2, -0.15) is 0 Å². The zero-order valence-electron chi connectivity index (χ0n) is 13.6. The van der Waals surface area contributed by atoms with E-state index in [9.17, 15) is 13.2 Å². The number of benzene rings is 1. The van der Waals surface area contributed by atoms with E-state index in [1.807, 2.05) is 18.2 Å². The number of carbonyl (C=O) groups excluding carboxylic acids is 1. The molecule has 0 saturated heterocycles. The van der Waals surface area contributed by atoms with Crippen LogP contribution < -0.4 is 10.0 Å². The molecule has 1 aromatic carbocycles. The van der Waals surface area contributed by atoms with E-state index in [4.69, 9.17) is 0 Å². The first-order valence-electron chi connectivity index (χ1n) is 8.13. The van der Waals surface area contributed by atoms with Gasteiger partial charge in [-0.05, 0) is 24.5 Å². The minimum Gasteiger partial charge on any atom is -0.352 e. The molecule has 130 valence electrons. The molecule has 3 rings (SSSR count). The van der Waals surface area contributed by atoms with Crippen LogP contribution in [-0.2, 0) is 14.8 Å². The summed E-state index contributed by atoms with van der Waals surface area (Å²) in [7, 11) is -3.62. The molecule has 1 spiro atoms. The predicted molar refractivity (Wildman–Crippen MR) is 97.6 cm³/mol. The first-order chi connectivity index (χ1) is 11.4. The number of nitrogens with one attached hydrogen (secondary N) is 2. The minimum absolute atomic E-state index is 0.163. The lowest BCUT2D eigenvalue weighted by Gasteiger charge is -2.35. The van der Waals surface area contributed by atoms with Gasteiger partial charge in [0.2, 0.25) is 15.9 Å². The quantitative estimate of drug-likeness (QED) is 0.800. The van der Waals surface area contributed by atoms with Gasteiger partial charge in [0, 0.05) is 23.5 Å². The Morgan fingerprint density at radius 3 is 2.54 bits per heavy atom. The van der Waals surface area contributed by atoms with Crippen LogP contribution in [0.1, 0.15) is 44.6 Å². The molecule has 2 N–H and O–H groups in total. The Labute approximate surface area is 151 Å². The van der Waals surface area contributed by atoms with E-state index in [-0.39, 0.29) is 12.5 Å². The Bertz CT molecular complexity index is 796. The largest absolute Gasteiger partial charge is 0.352 e. The fourth-order valence-electron chi connectivity index (χ4n) is 3.72. The van der Waals surface area contributed by atoms with Crippen LogP contribution in [0.15, 0.2) is 34.3 Å². The second kappa shape index (κ2) is 6.61. The topological polar surface area (TPSA) is 75.3 Å². The molecule has 1 aliphatic carbocycles. The van der Waals surface area contributed by atoms with E-state index in [1.54, 1.807) is 6.07 Å². The van der Waals surface area contributed by atoms with Crippen LogP contribution in [0.4, 0.5) is 0 Å². The molecule has 1 aliphatic heterocycles. The fraction of sp³-hybridized carbons (Fsp3) is 0.471. The number of carbonyl (C=O) groups is 1. The smallest absolute Gasteiger partial charge is 0.242 e. The fourth-order valence-corrected chi connectivity index (χ4v) is 6.34. The highest BCUT2D eigenvalue weighted by Crippen LogP contribution is 2.46.